The van der Waals surface area contributed by atoms with Crippen molar-refractivity contribution in [3.8, 4) is 0 Å². The third kappa shape index (κ3) is 4.15. The molecule has 0 saturated carbocycles. The summed E-state index contributed by atoms with van der Waals surface area (Å²) in [5.74, 6) is -0.175. The van der Waals surface area contributed by atoms with E-state index in [9.17, 15) is 13.2 Å². The molecule has 0 aromatic carbocycles. The maximum Gasteiger partial charge on any atom is 0.270 e. The van der Waals surface area contributed by atoms with Gasteiger partial charge in [-0.15, -0.1) is 0 Å². The fraction of sp³-hybridized carbons (Fsp3) is 0.538. The molecule has 116 valence electrons. The number of halogens is 1. The predicted molar refractivity (Wildman–Crippen MR) is 80.8 cm³/mol. The van der Waals surface area contributed by atoms with E-state index in [0.717, 1.165) is 0 Å². The van der Waals surface area contributed by atoms with E-state index in [1.807, 2.05) is 0 Å². The topological polar surface area (TPSA) is 79.4 Å². The summed E-state index contributed by atoms with van der Waals surface area (Å²) in [5, 5.41) is 3.33. The summed E-state index contributed by atoms with van der Waals surface area (Å²) in [4.78, 5) is 16.0. The monoisotopic (exact) mass is 331 g/mol. The van der Waals surface area contributed by atoms with Crippen molar-refractivity contribution >= 4 is 27.5 Å². The first-order chi connectivity index (χ1) is 9.92. The summed E-state index contributed by atoms with van der Waals surface area (Å²) in [6.45, 7) is 2.50. The molecule has 1 aromatic heterocycles. The lowest BCUT2D eigenvalue weighted by Crippen LogP contribution is -2.47. The molecule has 0 unspecified atom stereocenters. The summed E-state index contributed by atoms with van der Waals surface area (Å²) >= 11 is 5.82. The number of sulfonamides is 1. The molecule has 0 atom stereocenters. The van der Waals surface area contributed by atoms with Crippen molar-refractivity contribution in [1.82, 2.24) is 14.6 Å². The number of carbonyl (C=O) groups excluding carboxylic acids is 1. The standard InChI is InChI=1S/C13H18ClN3O3S/c1-2-21(19,20)17-7-4-11(5-8-17)16-13(18)12-9-10(14)3-6-15-12/h3,6,9,11H,2,4-5,7-8H2,1H3,(H,16,18). The van der Waals surface area contributed by atoms with Gasteiger partial charge in [-0.2, -0.15) is 0 Å². The van der Waals surface area contributed by atoms with Gasteiger partial charge >= 0.3 is 0 Å². The Morgan fingerprint density at radius 3 is 2.71 bits per heavy atom. The Morgan fingerprint density at radius 2 is 2.14 bits per heavy atom. The van der Waals surface area contributed by atoms with Crippen LogP contribution in [-0.2, 0) is 10.0 Å². The lowest BCUT2D eigenvalue weighted by Gasteiger charge is -2.31. The Morgan fingerprint density at radius 1 is 1.48 bits per heavy atom. The van der Waals surface area contributed by atoms with Gasteiger partial charge in [0.25, 0.3) is 5.91 Å². The van der Waals surface area contributed by atoms with Crippen molar-refractivity contribution in [2.45, 2.75) is 25.8 Å². The van der Waals surface area contributed by atoms with Crippen LogP contribution in [0.3, 0.4) is 0 Å². The van der Waals surface area contributed by atoms with Gasteiger partial charge in [-0.1, -0.05) is 11.6 Å². The van der Waals surface area contributed by atoms with Crippen LogP contribution in [0.4, 0.5) is 0 Å². The first-order valence-electron chi connectivity index (χ1n) is 6.82. The second kappa shape index (κ2) is 6.72. The van der Waals surface area contributed by atoms with Gasteiger partial charge in [0, 0.05) is 30.4 Å². The Labute approximate surface area is 129 Å². The van der Waals surface area contributed by atoms with Gasteiger partial charge in [-0.3, -0.25) is 9.78 Å². The minimum absolute atomic E-state index is 0.0402. The van der Waals surface area contributed by atoms with Crippen LogP contribution >= 0.6 is 11.6 Å². The second-order valence-corrected chi connectivity index (χ2v) is 7.60. The molecule has 1 fully saturated rings. The number of amides is 1. The van der Waals surface area contributed by atoms with Crippen LogP contribution in [0, 0.1) is 0 Å². The average molecular weight is 332 g/mol. The normalized spacial score (nSPS) is 17.6. The third-order valence-corrected chi connectivity index (χ3v) is 5.62. The number of nitrogens with zero attached hydrogens (tertiary/aromatic N) is 2. The van der Waals surface area contributed by atoms with Gasteiger partial charge in [-0.25, -0.2) is 12.7 Å². The molecule has 1 aliphatic heterocycles. The molecule has 8 heteroatoms. The van der Waals surface area contributed by atoms with E-state index in [0.29, 0.717) is 31.0 Å². The van der Waals surface area contributed by atoms with E-state index < -0.39 is 10.0 Å². The minimum Gasteiger partial charge on any atom is -0.348 e. The lowest BCUT2D eigenvalue weighted by molar-refractivity contribution is 0.0919. The quantitative estimate of drug-likeness (QED) is 0.901. The molecule has 2 rings (SSSR count). The number of carbonyl (C=O) groups is 1. The molecule has 21 heavy (non-hydrogen) atoms. The molecular weight excluding hydrogens is 314 g/mol. The van der Waals surface area contributed by atoms with Crippen molar-refractivity contribution in [2.24, 2.45) is 0 Å². The molecule has 0 radical (unpaired) electrons. The minimum atomic E-state index is -3.14. The fourth-order valence-corrected chi connectivity index (χ4v) is 3.54. The maximum atomic E-state index is 12.0. The van der Waals surface area contributed by atoms with E-state index in [1.54, 1.807) is 13.0 Å². The highest BCUT2D eigenvalue weighted by atomic mass is 35.5. The van der Waals surface area contributed by atoms with Crippen molar-refractivity contribution < 1.29 is 13.2 Å². The zero-order valence-corrected chi connectivity index (χ0v) is 13.3. The Kier molecular flexibility index (Phi) is 5.18. The highest BCUT2D eigenvalue weighted by molar-refractivity contribution is 7.89. The van der Waals surface area contributed by atoms with Gasteiger partial charge in [0.1, 0.15) is 5.69 Å². The number of hydrogen-bond acceptors (Lipinski definition) is 4. The molecule has 0 spiro atoms. The van der Waals surface area contributed by atoms with Crippen molar-refractivity contribution in [1.29, 1.82) is 0 Å². The van der Waals surface area contributed by atoms with E-state index >= 15 is 0 Å². The fourth-order valence-electron chi connectivity index (χ4n) is 2.25. The molecule has 0 aliphatic carbocycles. The van der Waals surface area contributed by atoms with Gasteiger partial charge in [0.15, 0.2) is 0 Å². The summed E-state index contributed by atoms with van der Waals surface area (Å²) < 4.78 is 25.0. The largest absolute Gasteiger partial charge is 0.348 e. The molecule has 0 bridgehead atoms. The Hall–Kier alpha value is -1.18. The number of rotatable bonds is 4. The number of aromatic nitrogens is 1. The van der Waals surface area contributed by atoms with E-state index in [4.69, 9.17) is 11.6 Å². The molecule has 1 saturated heterocycles. The zero-order valence-electron chi connectivity index (χ0n) is 11.8. The van der Waals surface area contributed by atoms with Crippen molar-refractivity contribution in [2.75, 3.05) is 18.8 Å². The molecule has 1 amide bonds. The van der Waals surface area contributed by atoms with Gasteiger partial charge in [-0.05, 0) is 31.9 Å². The molecule has 1 N–H and O–H groups in total. The van der Waals surface area contributed by atoms with Crippen LogP contribution in [0.2, 0.25) is 5.02 Å². The smallest absolute Gasteiger partial charge is 0.270 e. The summed E-state index contributed by atoms with van der Waals surface area (Å²) in [6.07, 6.45) is 2.69. The van der Waals surface area contributed by atoms with E-state index in [-0.39, 0.29) is 23.4 Å². The third-order valence-electron chi connectivity index (χ3n) is 3.50. The lowest BCUT2D eigenvalue weighted by atomic mass is 10.1. The Balaban J connectivity index is 1.91. The first kappa shape index (κ1) is 16.2. The van der Waals surface area contributed by atoms with Crippen molar-refractivity contribution in [3.63, 3.8) is 0 Å². The summed E-state index contributed by atoms with van der Waals surface area (Å²) in [6, 6.07) is 3.07. The first-order valence-corrected chi connectivity index (χ1v) is 8.81. The van der Waals surface area contributed by atoms with Crippen LogP contribution in [0.1, 0.15) is 30.3 Å². The number of hydrogen-bond donors (Lipinski definition) is 1. The molecule has 1 aromatic rings. The van der Waals surface area contributed by atoms with Crippen LogP contribution < -0.4 is 5.32 Å². The summed E-state index contributed by atoms with van der Waals surface area (Å²) in [5.41, 5.74) is 0.270. The average Bonchev–Trinajstić information content (AvgIpc) is 2.48. The van der Waals surface area contributed by atoms with Gasteiger partial charge in [0.2, 0.25) is 10.0 Å². The predicted octanol–water partition coefficient (Wildman–Crippen LogP) is 1.28. The van der Waals surface area contributed by atoms with Crippen molar-refractivity contribution in [3.05, 3.63) is 29.0 Å². The zero-order chi connectivity index (χ0) is 15.5. The molecule has 1 aliphatic rings. The van der Waals surface area contributed by atoms with Gasteiger partial charge in [0.05, 0.1) is 5.75 Å². The highest BCUT2D eigenvalue weighted by Gasteiger charge is 2.27. The van der Waals surface area contributed by atoms with Crippen LogP contribution in [0.5, 0.6) is 0 Å². The summed E-state index contributed by atoms with van der Waals surface area (Å²) in [7, 11) is -3.14. The van der Waals surface area contributed by atoms with Crippen LogP contribution in [0.25, 0.3) is 0 Å². The molecular formula is C13H18ClN3O3S. The molecule has 6 nitrogen and oxygen atoms in total. The van der Waals surface area contributed by atoms with E-state index in [1.165, 1.54) is 16.6 Å². The maximum absolute atomic E-state index is 12.0. The van der Waals surface area contributed by atoms with Crippen LogP contribution in [0.15, 0.2) is 18.3 Å². The van der Waals surface area contributed by atoms with E-state index in [2.05, 4.69) is 10.3 Å². The number of nitrogens with one attached hydrogen (secondary N) is 1. The number of piperidine rings is 1. The number of pyridine rings is 1. The van der Waals surface area contributed by atoms with Crippen LogP contribution in [-0.4, -0.2) is 48.5 Å². The second-order valence-electron chi connectivity index (χ2n) is 4.91. The Bertz CT molecular complexity index is 613. The molecule has 2 heterocycles. The van der Waals surface area contributed by atoms with Gasteiger partial charge < -0.3 is 5.32 Å². The highest BCUT2D eigenvalue weighted by Crippen LogP contribution is 2.15. The SMILES string of the molecule is CCS(=O)(=O)N1CCC(NC(=O)c2cc(Cl)ccn2)CC1.